The molecule has 1 aliphatic rings. The Bertz CT molecular complexity index is 635. The number of furan rings is 1. The van der Waals surface area contributed by atoms with Crippen LogP contribution in [0.3, 0.4) is 0 Å². The molecular weight excluding hydrogens is 236 g/mol. The molecule has 0 aliphatic heterocycles. The maximum atomic E-state index is 12.3. The van der Waals surface area contributed by atoms with E-state index in [0.717, 1.165) is 29.1 Å². The lowest BCUT2D eigenvalue weighted by Crippen LogP contribution is -2.04. The molecule has 0 fully saturated rings. The third-order valence-corrected chi connectivity index (χ3v) is 3.87. The molecule has 0 saturated carbocycles. The average molecular weight is 254 g/mol. The van der Waals surface area contributed by atoms with E-state index in [1.807, 2.05) is 19.9 Å². The Labute approximate surface area is 113 Å². The summed E-state index contributed by atoms with van der Waals surface area (Å²) in [5.41, 5.74) is 4.71. The predicted octanol–water partition coefficient (Wildman–Crippen LogP) is 3.81. The number of rotatable bonds is 3. The van der Waals surface area contributed by atoms with Gasteiger partial charge in [-0.1, -0.05) is 18.2 Å². The molecule has 1 aliphatic carbocycles. The van der Waals surface area contributed by atoms with E-state index in [2.05, 4.69) is 18.2 Å². The fourth-order valence-electron chi connectivity index (χ4n) is 2.92. The minimum absolute atomic E-state index is 0.146. The Kier molecular flexibility index (Phi) is 3.02. The van der Waals surface area contributed by atoms with E-state index in [1.165, 1.54) is 24.0 Å². The zero-order valence-electron chi connectivity index (χ0n) is 11.5. The second-order valence-corrected chi connectivity index (χ2v) is 5.38. The minimum atomic E-state index is 0.146. The molecule has 0 bridgehead atoms. The molecule has 0 unspecified atom stereocenters. The smallest absolute Gasteiger partial charge is 0.170 e. The predicted molar refractivity (Wildman–Crippen MR) is 74.7 cm³/mol. The third-order valence-electron chi connectivity index (χ3n) is 3.87. The van der Waals surface area contributed by atoms with Crippen LogP contribution in [0, 0.1) is 13.8 Å². The van der Waals surface area contributed by atoms with E-state index in [-0.39, 0.29) is 5.78 Å². The first-order valence-corrected chi connectivity index (χ1v) is 6.84. The molecular formula is C17H18O2. The fourth-order valence-corrected chi connectivity index (χ4v) is 2.92. The Morgan fingerprint density at radius 1 is 1.16 bits per heavy atom. The number of Topliss-reactive ketones (excluding diaryl/α,β-unsaturated/α-hetero) is 1. The van der Waals surface area contributed by atoms with Crippen molar-refractivity contribution in [2.75, 3.05) is 0 Å². The highest BCUT2D eigenvalue weighted by Gasteiger charge is 2.16. The van der Waals surface area contributed by atoms with Crippen LogP contribution < -0.4 is 0 Å². The number of benzene rings is 1. The average Bonchev–Trinajstić information content (AvgIpc) is 2.94. The van der Waals surface area contributed by atoms with Gasteiger partial charge in [0.25, 0.3) is 0 Å². The molecule has 0 atom stereocenters. The molecule has 0 saturated heterocycles. The minimum Gasteiger partial charge on any atom is -0.466 e. The molecule has 2 heteroatoms. The number of carbonyl (C=O) groups excluding carboxylic acids is 1. The van der Waals surface area contributed by atoms with Crippen LogP contribution in [-0.2, 0) is 19.3 Å². The van der Waals surface area contributed by atoms with Gasteiger partial charge in [0.1, 0.15) is 11.5 Å². The van der Waals surface area contributed by atoms with Crippen LogP contribution in [0.25, 0.3) is 0 Å². The molecule has 1 aromatic carbocycles. The number of hydrogen-bond donors (Lipinski definition) is 0. The summed E-state index contributed by atoms with van der Waals surface area (Å²) in [5, 5.41) is 0. The Hall–Kier alpha value is -1.83. The van der Waals surface area contributed by atoms with E-state index in [1.54, 1.807) is 0 Å². The van der Waals surface area contributed by atoms with Gasteiger partial charge in [-0.2, -0.15) is 0 Å². The molecule has 0 amide bonds. The molecule has 98 valence electrons. The lowest BCUT2D eigenvalue weighted by molar-refractivity contribution is 0.0991. The highest BCUT2D eigenvalue weighted by Crippen LogP contribution is 2.24. The summed E-state index contributed by atoms with van der Waals surface area (Å²) in [6, 6.07) is 8.30. The van der Waals surface area contributed by atoms with Crippen LogP contribution in [0.15, 0.2) is 28.7 Å². The first kappa shape index (κ1) is 12.2. The quantitative estimate of drug-likeness (QED) is 0.780. The molecule has 0 spiro atoms. The molecule has 2 aromatic rings. The zero-order valence-corrected chi connectivity index (χ0v) is 11.5. The van der Waals surface area contributed by atoms with Crippen molar-refractivity contribution in [2.24, 2.45) is 0 Å². The van der Waals surface area contributed by atoms with Gasteiger partial charge in [0.15, 0.2) is 5.78 Å². The first-order chi connectivity index (χ1) is 9.13. The van der Waals surface area contributed by atoms with Crippen molar-refractivity contribution in [3.63, 3.8) is 0 Å². The van der Waals surface area contributed by atoms with Crippen molar-refractivity contribution in [1.29, 1.82) is 0 Å². The Morgan fingerprint density at radius 3 is 2.68 bits per heavy atom. The number of carbonyl (C=O) groups is 1. The number of ketones is 1. The van der Waals surface area contributed by atoms with Gasteiger partial charge in [-0.3, -0.25) is 4.79 Å². The highest BCUT2D eigenvalue weighted by atomic mass is 16.3. The fraction of sp³-hybridized carbons (Fsp3) is 0.353. The van der Waals surface area contributed by atoms with Crippen LogP contribution in [0.5, 0.6) is 0 Å². The zero-order chi connectivity index (χ0) is 13.4. The number of hydrogen-bond acceptors (Lipinski definition) is 2. The van der Waals surface area contributed by atoms with Gasteiger partial charge in [-0.05, 0) is 55.9 Å². The van der Waals surface area contributed by atoms with Gasteiger partial charge in [0.2, 0.25) is 0 Å². The van der Waals surface area contributed by atoms with Crippen molar-refractivity contribution < 1.29 is 9.21 Å². The first-order valence-electron chi connectivity index (χ1n) is 6.84. The van der Waals surface area contributed by atoms with Crippen LogP contribution in [0.1, 0.15) is 45.0 Å². The molecule has 1 heterocycles. The second kappa shape index (κ2) is 4.69. The van der Waals surface area contributed by atoms with E-state index in [9.17, 15) is 4.79 Å². The molecule has 2 nitrogen and oxygen atoms in total. The number of fused-ring (bicyclic) bond motifs is 1. The molecule has 0 N–H and O–H groups in total. The van der Waals surface area contributed by atoms with Crippen LogP contribution >= 0.6 is 0 Å². The second-order valence-electron chi connectivity index (χ2n) is 5.38. The van der Waals surface area contributed by atoms with E-state index in [4.69, 9.17) is 4.42 Å². The normalized spacial score (nSPS) is 13.6. The van der Waals surface area contributed by atoms with Gasteiger partial charge >= 0.3 is 0 Å². The highest BCUT2D eigenvalue weighted by molar-refractivity contribution is 5.98. The van der Waals surface area contributed by atoms with Gasteiger partial charge in [-0.15, -0.1) is 0 Å². The number of aryl methyl sites for hydroxylation is 4. The summed E-state index contributed by atoms with van der Waals surface area (Å²) in [5.74, 6) is 1.67. The van der Waals surface area contributed by atoms with Gasteiger partial charge in [0.05, 0.1) is 5.56 Å². The SMILES string of the molecule is Cc1cc(C(=O)Cc2ccc3c(c2)CCC3)c(C)o1. The molecule has 3 rings (SSSR count). The monoisotopic (exact) mass is 254 g/mol. The molecule has 0 radical (unpaired) electrons. The van der Waals surface area contributed by atoms with Crippen LogP contribution in [-0.4, -0.2) is 5.78 Å². The Balaban J connectivity index is 1.81. The van der Waals surface area contributed by atoms with Crippen molar-refractivity contribution in [3.05, 3.63) is 58.0 Å². The summed E-state index contributed by atoms with van der Waals surface area (Å²) in [6.07, 6.45) is 4.05. The van der Waals surface area contributed by atoms with Gasteiger partial charge in [0, 0.05) is 6.42 Å². The van der Waals surface area contributed by atoms with E-state index >= 15 is 0 Å². The lowest BCUT2D eigenvalue weighted by Gasteiger charge is -2.04. The van der Waals surface area contributed by atoms with E-state index < -0.39 is 0 Å². The van der Waals surface area contributed by atoms with Crippen molar-refractivity contribution in [2.45, 2.75) is 39.5 Å². The van der Waals surface area contributed by atoms with Gasteiger partial charge in [-0.25, -0.2) is 0 Å². The standard InChI is InChI=1S/C17H18O2/c1-11-8-16(12(2)19-11)17(18)10-13-6-7-14-4-3-5-15(14)9-13/h6-9H,3-5,10H2,1-2H3. The topological polar surface area (TPSA) is 30.2 Å². The van der Waals surface area contributed by atoms with Crippen LogP contribution in [0.4, 0.5) is 0 Å². The molecule has 19 heavy (non-hydrogen) atoms. The maximum Gasteiger partial charge on any atom is 0.170 e. The summed E-state index contributed by atoms with van der Waals surface area (Å²) >= 11 is 0. The summed E-state index contributed by atoms with van der Waals surface area (Å²) in [7, 11) is 0. The van der Waals surface area contributed by atoms with Crippen LogP contribution in [0.2, 0.25) is 0 Å². The molecule has 1 aromatic heterocycles. The van der Waals surface area contributed by atoms with E-state index in [0.29, 0.717) is 6.42 Å². The maximum absolute atomic E-state index is 12.3. The third kappa shape index (κ3) is 2.35. The summed E-state index contributed by atoms with van der Waals surface area (Å²) < 4.78 is 5.43. The van der Waals surface area contributed by atoms with Crippen molar-refractivity contribution in [1.82, 2.24) is 0 Å². The summed E-state index contributed by atoms with van der Waals surface area (Å²) in [4.78, 5) is 12.3. The lowest BCUT2D eigenvalue weighted by atomic mass is 10.00. The van der Waals surface area contributed by atoms with Gasteiger partial charge < -0.3 is 4.42 Å². The summed E-state index contributed by atoms with van der Waals surface area (Å²) in [6.45, 7) is 3.72. The Morgan fingerprint density at radius 2 is 1.95 bits per heavy atom. The van der Waals surface area contributed by atoms with Crippen molar-refractivity contribution in [3.8, 4) is 0 Å². The van der Waals surface area contributed by atoms with Crippen molar-refractivity contribution >= 4 is 5.78 Å². The largest absolute Gasteiger partial charge is 0.466 e.